The molecule has 94 valence electrons. The van der Waals surface area contributed by atoms with Crippen LogP contribution in [0.4, 0.5) is 0 Å². The minimum Gasteiger partial charge on any atom is -0.481 e. The van der Waals surface area contributed by atoms with E-state index in [2.05, 4.69) is 13.8 Å². The van der Waals surface area contributed by atoms with Crippen LogP contribution in [0.1, 0.15) is 65.7 Å². The largest absolute Gasteiger partial charge is 0.481 e. The van der Waals surface area contributed by atoms with Crippen LogP contribution >= 0.6 is 0 Å². The zero-order valence-electron chi connectivity index (χ0n) is 11.0. The minimum absolute atomic E-state index is 0.445. The van der Waals surface area contributed by atoms with Crippen LogP contribution in [-0.4, -0.2) is 11.1 Å². The number of hydrogen-bond acceptors (Lipinski definition) is 1. The van der Waals surface area contributed by atoms with Crippen LogP contribution < -0.4 is 0 Å². The fraction of sp³-hybridized carbons (Fsp3) is 0.929. The van der Waals surface area contributed by atoms with E-state index in [-0.39, 0.29) is 0 Å². The first kappa shape index (κ1) is 13.5. The average Bonchev–Trinajstić information content (AvgIpc) is 3.07. The third kappa shape index (κ3) is 3.23. The van der Waals surface area contributed by atoms with Crippen molar-refractivity contribution in [3.63, 3.8) is 0 Å². The molecule has 0 heterocycles. The maximum atomic E-state index is 11.4. The molecule has 1 rings (SSSR count). The quantitative estimate of drug-likeness (QED) is 0.676. The Bertz CT molecular complexity index is 233. The van der Waals surface area contributed by atoms with E-state index in [9.17, 15) is 9.90 Å². The van der Waals surface area contributed by atoms with Crippen molar-refractivity contribution in [3.05, 3.63) is 0 Å². The van der Waals surface area contributed by atoms with Crippen LogP contribution in [0.25, 0.3) is 0 Å². The zero-order chi connectivity index (χ0) is 12.2. The number of rotatable bonds is 8. The third-order valence-corrected chi connectivity index (χ3v) is 4.22. The zero-order valence-corrected chi connectivity index (χ0v) is 11.0. The molecule has 0 bridgehead atoms. The van der Waals surface area contributed by atoms with Gasteiger partial charge in [0.1, 0.15) is 0 Å². The third-order valence-electron chi connectivity index (χ3n) is 4.22. The van der Waals surface area contributed by atoms with Gasteiger partial charge in [-0.15, -0.1) is 0 Å². The summed E-state index contributed by atoms with van der Waals surface area (Å²) in [6.07, 6.45) is 7.88. The van der Waals surface area contributed by atoms with Crippen LogP contribution in [0.5, 0.6) is 0 Å². The molecule has 0 radical (unpaired) electrons. The molecule has 0 aliphatic heterocycles. The highest BCUT2D eigenvalue weighted by molar-refractivity contribution is 5.75. The summed E-state index contributed by atoms with van der Waals surface area (Å²) in [5, 5.41) is 9.41. The van der Waals surface area contributed by atoms with E-state index in [4.69, 9.17) is 0 Å². The summed E-state index contributed by atoms with van der Waals surface area (Å²) in [5.41, 5.74) is -0.450. The number of carbonyl (C=O) groups is 1. The molecule has 2 nitrogen and oxygen atoms in total. The van der Waals surface area contributed by atoms with Gasteiger partial charge in [0.25, 0.3) is 0 Å². The second kappa shape index (κ2) is 5.70. The maximum Gasteiger partial charge on any atom is 0.309 e. The van der Waals surface area contributed by atoms with Crippen molar-refractivity contribution in [2.24, 2.45) is 17.3 Å². The van der Waals surface area contributed by atoms with Crippen LogP contribution in [0, 0.1) is 17.3 Å². The van der Waals surface area contributed by atoms with Crippen molar-refractivity contribution < 1.29 is 9.90 Å². The van der Waals surface area contributed by atoms with Crippen molar-refractivity contribution in [2.75, 3.05) is 0 Å². The molecule has 1 saturated carbocycles. The average molecular weight is 226 g/mol. The molecular weight excluding hydrogens is 200 g/mol. The standard InChI is InChI=1S/C14H26O2/c1-4-6-7-11(5-2)10-14(3,13(15)16)12-8-9-12/h11-12H,4-10H2,1-3H3,(H,15,16). The lowest BCUT2D eigenvalue weighted by atomic mass is 9.75. The predicted octanol–water partition coefficient (Wildman–Crippen LogP) is 4.09. The number of aliphatic carboxylic acids is 1. The smallest absolute Gasteiger partial charge is 0.309 e. The van der Waals surface area contributed by atoms with Gasteiger partial charge in [0.2, 0.25) is 0 Å². The predicted molar refractivity (Wildman–Crippen MR) is 66.4 cm³/mol. The molecular formula is C14H26O2. The summed E-state index contributed by atoms with van der Waals surface area (Å²) in [7, 11) is 0. The van der Waals surface area contributed by atoms with E-state index in [1.807, 2.05) is 6.92 Å². The normalized spacial score (nSPS) is 21.4. The Morgan fingerprint density at radius 2 is 2.06 bits per heavy atom. The second-order valence-corrected chi connectivity index (χ2v) is 5.62. The van der Waals surface area contributed by atoms with Crippen molar-refractivity contribution in [2.45, 2.75) is 65.7 Å². The van der Waals surface area contributed by atoms with Gasteiger partial charge in [0.15, 0.2) is 0 Å². The highest BCUT2D eigenvalue weighted by Crippen LogP contribution is 2.49. The fourth-order valence-electron chi connectivity index (χ4n) is 2.69. The van der Waals surface area contributed by atoms with E-state index >= 15 is 0 Å². The molecule has 0 aromatic rings. The molecule has 2 unspecified atom stereocenters. The lowest BCUT2D eigenvalue weighted by Gasteiger charge is -2.29. The topological polar surface area (TPSA) is 37.3 Å². The fourth-order valence-corrected chi connectivity index (χ4v) is 2.69. The molecule has 16 heavy (non-hydrogen) atoms. The van der Waals surface area contributed by atoms with Crippen molar-refractivity contribution >= 4 is 5.97 Å². The molecule has 2 atom stereocenters. The van der Waals surface area contributed by atoms with Crippen molar-refractivity contribution in [1.82, 2.24) is 0 Å². The first-order valence-corrected chi connectivity index (χ1v) is 6.78. The minimum atomic E-state index is -0.579. The van der Waals surface area contributed by atoms with Gasteiger partial charge in [-0.05, 0) is 38.0 Å². The van der Waals surface area contributed by atoms with E-state index in [1.54, 1.807) is 0 Å². The van der Waals surface area contributed by atoms with Crippen molar-refractivity contribution in [1.29, 1.82) is 0 Å². The van der Waals surface area contributed by atoms with Crippen LogP contribution in [0.15, 0.2) is 0 Å². The molecule has 1 aliphatic carbocycles. The Hall–Kier alpha value is -0.530. The van der Waals surface area contributed by atoms with Crippen LogP contribution in [0.3, 0.4) is 0 Å². The summed E-state index contributed by atoms with van der Waals surface area (Å²) >= 11 is 0. The highest BCUT2D eigenvalue weighted by atomic mass is 16.4. The Morgan fingerprint density at radius 3 is 2.44 bits per heavy atom. The van der Waals surface area contributed by atoms with Gasteiger partial charge in [-0.2, -0.15) is 0 Å². The number of carboxylic acids is 1. The number of hydrogen-bond donors (Lipinski definition) is 1. The van der Waals surface area contributed by atoms with Gasteiger partial charge in [-0.3, -0.25) is 4.79 Å². The molecule has 0 spiro atoms. The number of carboxylic acid groups (broad SMARTS) is 1. The van der Waals surface area contributed by atoms with Crippen LogP contribution in [-0.2, 0) is 4.79 Å². The van der Waals surface area contributed by atoms with E-state index in [0.717, 1.165) is 25.7 Å². The lowest BCUT2D eigenvalue weighted by Crippen LogP contribution is -2.32. The molecule has 0 amide bonds. The molecule has 1 fully saturated rings. The summed E-state index contributed by atoms with van der Waals surface area (Å²) in [6.45, 7) is 6.35. The molecule has 2 heteroatoms. The molecule has 0 saturated heterocycles. The summed E-state index contributed by atoms with van der Waals surface area (Å²) in [6, 6.07) is 0. The summed E-state index contributed by atoms with van der Waals surface area (Å²) in [5.74, 6) is 0.465. The molecule has 0 aromatic heterocycles. The monoisotopic (exact) mass is 226 g/mol. The molecule has 0 aromatic carbocycles. The molecule has 1 aliphatic rings. The maximum absolute atomic E-state index is 11.4. The SMILES string of the molecule is CCCCC(CC)CC(C)(C(=O)O)C1CC1. The first-order chi connectivity index (χ1) is 7.54. The Balaban J connectivity index is 2.55. The molecule has 1 N–H and O–H groups in total. The Labute approximate surface area is 99.4 Å². The second-order valence-electron chi connectivity index (χ2n) is 5.62. The van der Waals surface area contributed by atoms with E-state index in [0.29, 0.717) is 11.8 Å². The highest BCUT2D eigenvalue weighted by Gasteiger charge is 2.47. The van der Waals surface area contributed by atoms with Gasteiger partial charge in [-0.25, -0.2) is 0 Å². The van der Waals surface area contributed by atoms with E-state index < -0.39 is 11.4 Å². The van der Waals surface area contributed by atoms with Crippen LogP contribution in [0.2, 0.25) is 0 Å². The van der Waals surface area contributed by atoms with Gasteiger partial charge in [0, 0.05) is 0 Å². The Morgan fingerprint density at radius 1 is 1.44 bits per heavy atom. The van der Waals surface area contributed by atoms with Gasteiger partial charge in [-0.1, -0.05) is 39.5 Å². The van der Waals surface area contributed by atoms with Gasteiger partial charge >= 0.3 is 5.97 Å². The summed E-state index contributed by atoms with van der Waals surface area (Å²) < 4.78 is 0. The summed E-state index contributed by atoms with van der Waals surface area (Å²) in [4.78, 5) is 11.4. The Kier molecular flexibility index (Phi) is 4.82. The number of unbranched alkanes of at least 4 members (excludes halogenated alkanes) is 1. The van der Waals surface area contributed by atoms with E-state index in [1.165, 1.54) is 19.3 Å². The van der Waals surface area contributed by atoms with Gasteiger partial charge < -0.3 is 5.11 Å². The van der Waals surface area contributed by atoms with Gasteiger partial charge in [0.05, 0.1) is 5.41 Å². The van der Waals surface area contributed by atoms with Crippen molar-refractivity contribution in [3.8, 4) is 0 Å². The first-order valence-electron chi connectivity index (χ1n) is 6.78. The lowest BCUT2D eigenvalue weighted by molar-refractivity contribution is -0.150.